The Kier molecular flexibility index (Phi) is 5.07. The van der Waals surface area contributed by atoms with Crippen LogP contribution < -0.4 is 15.4 Å². The van der Waals surface area contributed by atoms with Gasteiger partial charge in [0.1, 0.15) is 11.4 Å². The summed E-state index contributed by atoms with van der Waals surface area (Å²) >= 11 is 0. The van der Waals surface area contributed by atoms with E-state index in [1.165, 1.54) is 6.08 Å². The fourth-order valence-corrected chi connectivity index (χ4v) is 2.87. The average molecular weight is 389 g/mol. The number of anilines is 2. The van der Waals surface area contributed by atoms with Crippen molar-refractivity contribution in [2.45, 2.75) is 19.6 Å². The van der Waals surface area contributed by atoms with Gasteiger partial charge in [-0.25, -0.2) is 4.68 Å². The summed E-state index contributed by atoms with van der Waals surface area (Å²) in [6.45, 7) is 2.28. The monoisotopic (exact) mass is 389 g/mol. The molecule has 0 bridgehead atoms. The molecule has 1 aromatic heterocycles. The predicted octanol–water partition coefficient (Wildman–Crippen LogP) is 2.70. The molecular weight excluding hydrogens is 370 g/mol. The van der Waals surface area contributed by atoms with Gasteiger partial charge in [0.2, 0.25) is 5.91 Å². The first kappa shape index (κ1) is 18.4. The Bertz CT molecular complexity index is 1070. The molecule has 0 aliphatic carbocycles. The number of aromatic nitrogens is 3. The molecule has 146 valence electrons. The smallest absolute Gasteiger partial charge is 0.265 e. The first-order chi connectivity index (χ1) is 14.1. The van der Waals surface area contributed by atoms with Crippen LogP contribution in [-0.2, 0) is 16.1 Å². The van der Waals surface area contributed by atoms with Crippen LogP contribution in [0.15, 0.2) is 60.8 Å². The van der Waals surface area contributed by atoms with Gasteiger partial charge < -0.3 is 15.4 Å². The summed E-state index contributed by atoms with van der Waals surface area (Å²) in [6.07, 6.45) is 4.20. The van der Waals surface area contributed by atoms with E-state index in [1.807, 2.05) is 30.3 Å². The van der Waals surface area contributed by atoms with Crippen molar-refractivity contribution in [3.63, 3.8) is 0 Å². The summed E-state index contributed by atoms with van der Waals surface area (Å²) in [5.74, 6) is 0.0270. The lowest BCUT2D eigenvalue weighted by molar-refractivity contribution is -0.122. The highest BCUT2D eigenvalue weighted by molar-refractivity contribution is 6.03. The van der Waals surface area contributed by atoms with Crippen molar-refractivity contribution in [2.75, 3.05) is 10.6 Å². The molecule has 29 heavy (non-hydrogen) atoms. The molecule has 2 N–H and O–H groups in total. The first-order valence-corrected chi connectivity index (χ1v) is 9.11. The van der Waals surface area contributed by atoms with Gasteiger partial charge in [-0.3, -0.25) is 9.59 Å². The molecular formula is C21H19N5O3. The van der Waals surface area contributed by atoms with Crippen molar-refractivity contribution in [2.24, 2.45) is 0 Å². The number of amides is 2. The summed E-state index contributed by atoms with van der Waals surface area (Å²) in [5.41, 5.74) is 2.77. The number of hydrogen-bond donors (Lipinski definition) is 2. The van der Waals surface area contributed by atoms with E-state index in [4.69, 9.17) is 4.74 Å². The van der Waals surface area contributed by atoms with Crippen molar-refractivity contribution >= 4 is 29.3 Å². The standard InChI is InChI=1S/C21H19N5O3/c1-14-21(28)23-18-11-16(7-9-19(18)29-14)22-20(27)10-8-17-13-26(25-24-17)12-15-5-3-2-4-6-15/h2-11,13-14H,12H2,1H3,(H,22,27)(H,23,28)/b10-8+/t14-/m0/s1. The lowest BCUT2D eigenvalue weighted by Gasteiger charge is -2.23. The summed E-state index contributed by atoms with van der Waals surface area (Å²) in [5, 5.41) is 13.6. The molecule has 0 spiro atoms. The summed E-state index contributed by atoms with van der Waals surface area (Å²) < 4.78 is 7.21. The zero-order valence-electron chi connectivity index (χ0n) is 15.7. The molecule has 8 heteroatoms. The number of nitrogens with one attached hydrogen (secondary N) is 2. The molecule has 0 fully saturated rings. The molecule has 1 aliphatic heterocycles. The maximum atomic E-state index is 12.2. The molecule has 0 saturated heterocycles. The molecule has 3 aromatic rings. The number of carbonyl (C=O) groups excluding carboxylic acids is 2. The van der Waals surface area contributed by atoms with E-state index in [2.05, 4.69) is 20.9 Å². The van der Waals surface area contributed by atoms with E-state index >= 15 is 0 Å². The normalized spacial score (nSPS) is 15.5. The van der Waals surface area contributed by atoms with Gasteiger partial charge in [-0.15, -0.1) is 5.10 Å². The average Bonchev–Trinajstić information content (AvgIpc) is 3.16. The quantitative estimate of drug-likeness (QED) is 0.654. The number of carbonyl (C=O) groups is 2. The number of rotatable bonds is 5. The molecule has 1 atom stereocenters. The first-order valence-electron chi connectivity index (χ1n) is 9.11. The minimum atomic E-state index is -0.541. The summed E-state index contributed by atoms with van der Waals surface area (Å²) in [7, 11) is 0. The fourth-order valence-electron chi connectivity index (χ4n) is 2.87. The zero-order valence-corrected chi connectivity index (χ0v) is 15.7. The molecule has 2 aromatic carbocycles. The largest absolute Gasteiger partial charge is 0.479 e. The molecule has 4 rings (SSSR count). The van der Waals surface area contributed by atoms with Crippen LogP contribution >= 0.6 is 0 Å². The predicted molar refractivity (Wildman–Crippen MR) is 108 cm³/mol. The molecule has 1 aliphatic rings. The Morgan fingerprint density at radius 2 is 2.10 bits per heavy atom. The second-order valence-electron chi connectivity index (χ2n) is 6.61. The van der Waals surface area contributed by atoms with Crippen LogP contribution in [0.1, 0.15) is 18.2 Å². The number of benzene rings is 2. The highest BCUT2D eigenvalue weighted by atomic mass is 16.5. The summed E-state index contributed by atoms with van der Waals surface area (Å²) in [6, 6.07) is 15.0. The van der Waals surface area contributed by atoms with Crippen LogP contribution in [0.5, 0.6) is 5.75 Å². The van der Waals surface area contributed by atoms with Crippen LogP contribution in [0.25, 0.3) is 6.08 Å². The van der Waals surface area contributed by atoms with Gasteiger partial charge in [-0.05, 0) is 36.8 Å². The van der Waals surface area contributed by atoms with Crippen molar-refractivity contribution in [3.8, 4) is 5.75 Å². The van der Waals surface area contributed by atoms with Crippen LogP contribution in [0.4, 0.5) is 11.4 Å². The molecule has 2 amide bonds. The third kappa shape index (κ3) is 4.49. The van der Waals surface area contributed by atoms with Crippen LogP contribution in [0.2, 0.25) is 0 Å². The SMILES string of the molecule is C[C@@H]1Oc2ccc(NC(=O)/C=C/c3cn(Cc4ccccc4)nn3)cc2NC1=O. The second kappa shape index (κ2) is 7.97. The van der Waals surface area contributed by atoms with E-state index in [-0.39, 0.29) is 11.8 Å². The Morgan fingerprint density at radius 1 is 1.28 bits per heavy atom. The number of hydrogen-bond acceptors (Lipinski definition) is 5. The third-order valence-electron chi connectivity index (χ3n) is 4.33. The van der Waals surface area contributed by atoms with E-state index in [0.29, 0.717) is 29.4 Å². The number of nitrogens with zero attached hydrogens (tertiary/aromatic N) is 3. The van der Waals surface area contributed by atoms with E-state index in [1.54, 1.807) is 42.1 Å². The van der Waals surface area contributed by atoms with Crippen LogP contribution in [0.3, 0.4) is 0 Å². The van der Waals surface area contributed by atoms with Gasteiger partial charge in [-0.1, -0.05) is 35.5 Å². The maximum absolute atomic E-state index is 12.2. The Balaban J connectivity index is 1.37. The van der Waals surface area contributed by atoms with E-state index in [0.717, 1.165) is 5.56 Å². The maximum Gasteiger partial charge on any atom is 0.265 e. The molecule has 0 radical (unpaired) electrons. The molecule has 8 nitrogen and oxygen atoms in total. The second-order valence-corrected chi connectivity index (χ2v) is 6.61. The van der Waals surface area contributed by atoms with E-state index in [9.17, 15) is 9.59 Å². The number of ether oxygens (including phenoxy) is 1. The van der Waals surface area contributed by atoms with Crippen LogP contribution in [0, 0.1) is 0 Å². The highest BCUT2D eigenvalue weighted by Crippen LogP contribution is 2.32. The minimum absolute atomic E-state index is 0.223. The lowest BCUT2D eigenvalue weighted by atomic mass is 10.2. The zero-order chi connectivity index (χ0) is 20.2. The Morgan fingerprint density at radius 3 is 2.93 bits per heavy atom. The minimum Gasteiger partial charge on any atom is -0.479 e. The Hall–Kier alpha value is -3.94. The van der Waals surface area contributed by atoms with Gasteiger partial charge in [-0.2, -0.15) is 0 Å². The van der Waals surface area contributed by atoms with Gasteiger partial charge in [0.25, 0.3) is 5.91 Å². The summed E-state index contributed by atoms with van der Waals surface area (Å²) in [4.78, 5) is 23.9. The van der Waals surface area contributed by atoms with Gasteiger partial charge in [0.05, 0.1) is 18.4 Å². The lowest BCUT2D eigenvalue weighted by Crippen LogP contribution is -2.34. The van der Waals surface area contributed by atoms with Gasteiger partial charge in [0.15, 0.2) is 6.10 Å². The van der Waals surface area contributed by atoms with Gasteiger partial charge >= 0.3 is 0 Å². The molecule has 0 saturated carbocycles. The fraction of sp³-hybridized carbons (Fsp3) is 0.143. The molecule has 0 unspecified atom stereocenters. The number of fused-ring (bicyclic) bond motifs is 1. The van der Waals surface area contributed by atoms with Crippen molar-refractivity contribution in [1.82, 2.24) is 15.0 Å². The van der Waals surface area contributed by atoms with E-state index < -0.39 is 6.10 Å². The molecule has 2 heterocycles. The Labute approximate surface area is 167 Å². The van der Waals surface area contributed by atoms with Crippen molar-refractivity contribution in [3.05, 3.63) is 72.1 Å². The topological polar surface area (TPSA) is 98.1 Å². The third-order valence-corrected chi connectivity index (χ3v) is 4.33. The van der Waals surface area contributed by atoms with Crippen molar-refractivity contribution in [1.29, 1.82) is 0 Å². The highest BCUT2D eigenvalue weighted by Gasteiger charge is 2.23. The van der Waals surface area contributed by atoms with Gasteiger partial charge in [0, 0.05) is 11.8 Å². The van der Waals surface area contributed by atoms with Crippen molar-refractivity contribution < 1.29 is 14.3 Å². The van der Waals surface area contributed by atoms with Crippen LogP contribution in [-0.4, -0.2) is 32.9 Å².